The van der Waals surface area contributed by atoms with Crippen LogP contribution in [0.2, 0.25) is 0 Å². The van der Waals surface area contributed by atoms with Crippen molar-refractivity contribution in [3.8, 4) is 0 Å². The van der Waals surface area contributed by atoms with Crippen molar-refractivity contribution in [2.75, 3.05) is 33.2 Å². The Bertz CT molecular complexity index is 1830. The van der Waals surface area contributed by atoms with Crippen LogP contribution in [0.3, 0.4) is 0 Å². The van der Waals surface area contributed by atoms with Crippen molar-refractivity contribution < 1.29 is 28.0 Å². The summed E-state index contributed by atoms with van der Waals surface area (Å²) in [6.07, 6.45) is 4.26. The fourth-order valence-corrected chi connectivity index (χ4v) is 6.08. The van der Waals surface area contributed by atoms with Crippen LogP contribution in [0.25, 0.3) is 5.78 Å². The van der Waals surface area contributed by atoms with Crippen molar-refractivity contribution >= 4 is 29.4 Å². The summed E-state index contributed by atoms with van der Waals surface area (Å²) in [5.74, 6) is -2.31. The molecule has 0 spiro atoms. The summed E-state index contributed by atoms with van der Waals surface area (Å²) in [7, 11) is 1.64. The Labute approximate surface area is 289 Å². The Balaban J connectivity index is 1.46. The van der Waals surface area contributed by atoms with E-state index in [1.165, 1.54) is 28.9 Å². The largest absolute Gasteiger partial charge is 0.347 e. The third-order valence-electron chi connectivity index (χ3n) is 8.62. The van der Waals surface area contributed by atoms with E-state index in [-0.39, 0.29) is 61.2 Å². The van der Waals surface area contributed by atoms with Crippen molar-refractivity contribution in [1.82, 2.24) is 40.1 Å². The average molecular weight is 689 g/mol. The summed E-state index contributed by atoms with van der Waals surface area (Å²) in [4.78, 5) is 65.9. The number of hydrogen-bond acceptors (Lipinski definition) is 7. The van der Waals surface area contributed by atoms with E-state index in [4.69, 9.17) is 0 Å². The first-order chi connectivity index (χ1) is 23.8. The van der Waals surface area contributed by atoms with E-state index < -0.39 is 35.3 Å². The highest BCUT2D eigenvalue weighted by Crippen LogP contribution is 2.27. The number of nitrogens with zero attached hydrogens (tertiary/aromatic N) is 5. The predicted molar refractivity (Wildman–Crippen MR) is 182 cm³/mol. The zero-order valence-electron chi connectivity index (χ0n) is 28.5. The minimum Gasteiger partial charge on any atom is -0.347 e. The molecule has 0 saturated carbocycles. The number of fused-ring (bicyclic) bond motifs is 1. The SMILES string of the molecule is CNCC(=O)NC(C(=O)N1CC(NC(=O)c2ccccc2)CC1CN(CCc1ccc(F)cc1)C(=O)c1cn2cc(F)cnc2n1)C(C)(C)C. The second-order valence-corrected chi connectivity index (χ2v) is 13.5. The zero-order chi connectivity index (χ0) is 36.0. The summed E-state index contributed by atoms with van der Waals surface area (Å²) >= 11 is 0. The van der Waals surface area contributed by atoms with Crippen molar-refractivity contribution in [1.29, 1.82) is 0 Å². The molecule has 0 radical (unpaired) electrons. The minimum atomic E-state index is -0.905. The van der Waals surface area contributed by atoms with Gasteiger partial charge in [-0.3, -0.25) is 23.6 Å². The standard InChI is InChI=1S/C36H42F2N8O4/c1-36(2,3)31(43-30(47)18-39-4)34(50)46-20-27(41-32(48)24-8-6-5-7-9-24)16-28(46)21-44(15-14-23-10-12-25(37)13-11-23)33(49)29-22-45-19-26(38)17-40-35(45)42-29/h5-13,17,19,22,27-28,31,39H,14-16,18,20-21H2,1-4H3,(H,41,48)(H,43,47). The van der Waals surface area contributed by atoms with Crippen LogP contribution in [0.4, 0.5) is 8.78 Å². The molecule has 4 aromatic rings. The number of aromatic nitrogens is 3. The van der Waals surface area contributed by atoms with Gasteiger partial charge in [0.05, 0.1) is 18.8 Å². The molecule has 1 saturated heterocycles. The molecule has 3 heterocycles. The summed E-state index contributed by atoms with van der Waals surface area (Å²) in [6.45, 7) is 5.97. The van der Waals surface area contributed by atoms with Gasteiger partial charge in [0.1, 0.15) is 17.6 Å². The molecule has 3 unspecified atom stereocenters. The number of imidazole rings is 1. The first kappa shape index (κ1) is 36.1. The van der Waals surface area contributed by atoms with Gasteiger partial charge in [0.2, 0.25) is 17.6 Å². The van der Waals surface area contributed by atoms with Crippen molar-refractivity contribution in [2.45, 2.75) is 51.7 Å². The second kappa shape index (κ2) is 15.5. The molecular weight excluding hydrogens is 646 g/mol. The molecule has 1 aliphatic rings. The minimum absolute atomic E-state index is 0.0164. The highest BCUT2D eigenvalue weighted by Gasteiger charge is 2.43. The zero-order valence-corrected chi connectivity index (χ0v) is 28.5. The quantitative estimate of drug-likeness (QED) is 0.208. The van der Waals surface area contributed by atoms with Gasteiger partial charge >= 0.3 is 0 Å². The molecule has 2 aromatic heterocycles. The van der Waals surface area contributed by atoms with Gasteiger partial charge in [-0.1, -0.05) is 51.1 Å². The van der Waals surface area contributed by atoms with Crippen molar-refractivity contribution in [3.63, 3.8) is 0 Å². The van der Waals surface area contributed by atoms with Crippen LogP contribution in [-0.4, -0.2) is 99.1 Å². The molecule has 1 aliphatic heterocycles. The highest BCUT2D eigenvalue weighted by molar-refractivity contribution is 5.95. The monoisotopic (exact) mass is 688 g/mol. The Kier molecular flexibility index (Phi) is 11.2. The third-order valence-corrected chi connectivity index (χ3v) is 8.62. The van der Waals surface area contributed by atoms with Gasteiger partial charge < -0.3 is 25.8 Å². The smallest absolute Gasteiger partial charge is 0.274 e. The molecule has 1 fully saturated rings. The van der Waals surface area contributed by atoms with Crippen LogP contribution < -0.4 is 16.0 Å². The van der Waals surface area contributed by atoms with Gasteiger partial charge in [0, 0.05) is 43.6 Å². The van der Waals surface area contributed by atoms with E-state index in [1.54, 1.807) is 53.2 Å². The van der Waals surface area contributed by atoms with E-state index in [0.29, 0.717) is 18.4 Å². The van der Waals surface area contributed by atoms with Gasteiger partial charge in [-0.2, -0.15) is 0 Å². The van der Waals surface area contributed by atoms with Crippen LogP contribution in [0, 0.1) is 17.0 Å². The number of rotatable bonds is 12. The normalized spacial score (nSPS) is 16.6. The van der Waals surface area contributed by atoms with E-state index in [1.807, 2.05) is 26.8 Å². The van der Waals surface area contributed by atoms with E-state index in [2.05, 4.69) is 25.9 Å². The Morgan fingerprint density at radius 2 is 1.72 bits per heavy atom. The van der Waals surface area contributed by atoms with Gasteiger partial charge in [0.25, 0.3) is 11.8 Å². The molecule has 2 aromatic carbocycles. The van der Waals surface area contributed by atoms with E-state index >= 15 is 0 Å². The molecule has 50 heavy (non-hydrogen) atoms. The molecule has 264 valence electrons. The topological polar surface area (TPSA) is 141 Å². The molecule has 12 nitrogen and oxygen atoms in total. The summed E-state index contributed by atoms with van der Waals surface area (Å²) < 4.78 is 28.9. The second-order valence-electron chi connectivity index (χ2n) is 13.5. The molecule has 3 N–H and O–H groups in total. The number of amides is 4. The predicted octanol–water partition coefficient (Wildman–Crippen LogP) is 2.84. The lowest BCUT2D eigenvalue weighted by molar-refractivity contribution is -0.140. The number of nitrogens with one attached hydrogen (secondary N) is 3. The number of carbonyl (C=O) groups is 4. The lowest BCUT2D eigenvalue weighted by atomic mass is 9.85. The van der Waals surface area contributed by atoms with E-state index in [0.717, 1.165) is 11.8 Å². The Morgan fingerprint density at radius 3 is 2.40 bits per heavy atom. The molecular formula is C36H42F2N8O4. The van der Waals surface area contributed by atoms with Crippen LogP contribution in [-0.2, 0) is 16.0 Å². The number of likely N-dealkylation sites (N-methyl/N-ethyl adjacent to an activating group) is 1. The van der Waals surface area contributed by atoms with Gasteiger partial charge in [-0.25, -0.2) is 18.7 Å². The molecule has 0 aliphatic carbocycles. The molecule has 5 rings (SSSR count). The molecule has 14 heteroatoms. The number of benzene rings is 2. The van der Waals surface area contributed by atoms with Crippen molar-refractivity contribution in [3.05, 3.63) is 102 Å². The number of carbonyl (C=O) groups excluding carboxylic acids is 4. The highest BCUT2D eigenvalue weighted by atomic mass is 19.1. The Hall–Kier alpha value is -5.24. The summed E-state index contributed by atoms with van der Waals surface area (Å²) in [5.41, 5.74) is 0.607. The summed E-state index contributed by atoms with van der Waals surface area (Å²) in [6, 6.07) is 12.8. The van der Waals surface area contributed by atoms with E-state index in [9.17, 15) is 28.0 Å². The maximum absolute atomic E-state index is 14.4. The van der Waals surface area contributed by atoms with Crippen LogP contribution in [0.15, 0.2) is 73.2 Å². The molecule has 4 amide bonds. The van der Waals surface area contributed by atoms with Crippen LogP contribution in [0.1, 0.15) is 53.6 Å². The molecule has 3 atom stereocenters. The molecule has 0 bridgehead atoms. The summed E-state index contributed by atoms with van der Waals surface area (Å²) in [5, 5.41) is 8.71. The number of halogens is 2. The fraction of sp³-hybridized carbons (Fsp3) is 0.389. The third kappa shape index (κ3) is 8.86. The number of hydrogen-bond donors (Lipinski definition) is 3. The lowest BCUT2D eigenvalue weighted by Crippen LogP contribution is -2.58. The average Bonchev–Trinajstić information content (AvgIpc) is 3.69. The maximum Gasteiger partial charge on any atom is 0.274 e. The number of likely N-dealkylation sites (tertiary alicyclic amines) is 1. The van der Waals surface area contributed by atoms with Crippen LogP contribution >= 0.6 is 0 Å². The van der Waals surface area contributed by atoms with Gasteiger partial charge in [-0.15, -0.1) is 0 Å². The Morgan fingerprint density at radius 1 is 1.00 bits per heavy atom. The fourth-order valence-electron chi connectivity index (χ4n) is 6.08. The van der Waals surface area contributed by atoms with Gasteiger partial charge in [-0.05, 0) is 55.1 Å². The van der Waals surface area contributed by atoms with Gasteiger partial charge in [0.15, 0.2) is 5.82 Å². The van der Waals surface area contributed by atoms with Crippen molar-refractivity contribution in [2.24, 2.45) is 5.41 Å². The first-order valence-corrected chi connectivity index (χ1v) is 16.5. The lowest BCUT2D eigenvalue weighted by Gasteiger charge is -2.37. The van der Waals surface area contributed by atoms with Crippen LogP contribution in [0.5, 0.6) is 0 Å². The first-order valence-electron chi connectivity index (χ1n) is 16.5. The maximum atomic E-state index is 14.4.